The molecule has 38 heavy (non-hydrogen) atoms. The lowest BCUT2D eigenvalue weighted by atomic mass is 9.96. The van der Waals surface area contributed by atoms with E-state index in [1.54, 1.807) is 18.3 Å². The van der Waals surface area contributed by atoms with Crippen LogP contribution in [0.3, 0.4) is 0 Å². The monoisotopic (exact) mass is 664 g/mol. The molecule has 1 N–H and O–H groups in total. The molecule has 1 saturated heterocycles. The largest absolute Gasteiger partial charge is 0.496 e. The molecule has 8 nitrogen and oxygen atoms in total. The van der Waals surface area contributed by atoms with Crippen molar-refractivity contribution in [1.82, 2.24) is 14.7 Å². The van der Waals surface area contributed by atoms with E-state index in [4.69, 9.17) is 14.0 Å². The molecule has 0 aliphatic carbocycles. The number of hydrogen-bond donors (Lipinski definition) is 1. The van der Waals surface area contributed by atoms with Crippen molar-refractivity contribution in [2.24, 2.45) is 0 Å². The lowest BCUT2D eigenvalue weighted by molar-refractivity contribution is -0.127. The lowest BCUT2D eigenvalue weighted by Crippen LogP contribution is -2.23. The highest BCUT2D eigenvalue weighted by molar-refractivity contribution is 14.2. The van der Waals surface area contributed by atoms with Crippen molar-refractivity contribution in [1.29, 1.82) is 0 Å². The Hall–Kier alpha value is -2.15. The third kappa shape index (κ3) is 7.28. The van der Waals surface area contributed by atoms with E-state index in [1.165, 1.54) is 7.11 Å². The molecule has 0 radical (unpaired) electrons. The molecule has 4 rings (SSSR count). The van der Waals surface area contributed by atoms with Crippen LogP contribution in [0, 0.1) is 0 Å². The molecule has 0 spiro atoms. The van der Waals surface area contributed by atoms with Crippen molar-refractivity contribution in [2.45, 2.75) is 31.5 Å². The summed E-state index contributed by atoms with van der Waals surface area (Å²) >= 11 is 2.19. The van der Waals surface area contributed by atoms with Gasteiger partial charge in [-0.15, -0.1) is 0 Å². The van der Waals surface area contributed by atoms with Crippen molar-refractivity contribution >= 4 is 46.2 Å². The number of rotatable bonds is 13. The molecule has 1 aromatic carbocycles. The Morgan fingerprint density at radius 1 is 1.29 bits per heavy atom. The van der Waals surface area contributed by atoms with Gasteiger partial charge in [0.05, 0.1) is 51.2 Å². The topological polar surface area (TPSA) is 77.3 Å². The highest BCUT2D eigenvalue weighted by atomic mass is 127. The number of nitrogens with one attached hydrogen (secondary N) is 1. The fourth-order valence-electron chi connectivity index (χ4n) is 4.70. The number of pyridine rings is 1. The van der Waals surface area contributed by atoms with E-state index in [0.29, 0.717) is 37.2 Å². The third-order valence-corrected chi connectivity index (χ3v) is 7.66. The molecule has 2 aromatic heterocycles. The van der Waals surface area contributed by atoms with E-state index in [9.17, 15) is 18.0 Å². The molecule has 1 fully saturated rings. The van der Waals surface area contributed by atoms with Gasteiger partial charge >= 0.3 is 6.18 Å². The smallest absolute Gasteiger partial charge is 0.393 e. The summed E-state index contributed by atoms with van der Waals surface area (Å²) in [6, 6.07) is 7.33. The molecule has 3 aromatic rings. The third-order valence-electron chi connectivity index (χ3n) is 6.42. The van der Waals surface area contributed by atoms with E-state index >= 15 is 0 Å². The van der Waals surface area contributed by atoms with Crippen LogP contribution in [0.5, 0.6) is 5.75 Å². The van der Waals surface area contributed by atoms with Gasteiger partial charge in [0.25, 0.3) is 0 Å². The number of anilines is 1. The van der Waals surface area contributed by atoms with E-state index in [2.05, 4.69) is 37.2 Å². The number of halogens is 4. The van der Waals surface area contributed by atoms with Gasteiger partial charge in [-0.25, -0.2) is 4.98 Å². The number of nitrogens with zero attached hydrogens (tertiary/aromatic N) is 3. The van der Waals surface area contributed by atoms with Gasteiger partial charge in [-0.05, 0) is 58.6 Å². The van der Waals surface area contributed by atoms with Gasteiger partial charge in [-0.2, -0.15) is 13.2 Å². The van der Waals surface area contributed by atoms with E-state index < -0.39 is 12.6 Å². The summed E-state index contributed by atoms with van der Waals surface area (Å²) in [6.45, 7) is 3.47. The summed E-state index contributed by atoms with van der Waals surface area (Å²) in [4.78, 5) is 17.5. The highest BCUT2D eigenvalue weighted by Crippen LogP contribution is 2.36. The van der Waals surface area contributed by atoms with Crippen molar-refractivity contribution in [3.8, 4) is 17.0 Å². The Morgan fingerprint density at radius 3 is 2.87 bits per heavy atom. The zero-order valence-electron chi connectivity index (χ0n) is 20.8. The van der Waals surface area contributed by atoms with Gasteiger partial charge in [0.15, 0.2) is 0 Å². The molecule has 1 aliphatic rings. The fourth-order valence-corrected chi connectivity index (χ4v) is 5.52. The van der Waals surface area contributed by atoms with Crippen molar-refractivity contribution in [3.05, 3.63) is 47.8 Å². The Morgan fingerprint density at radius 2 is 2.13 bits per heavy atom. The van der Waals surface area contributed by atoms with Crippen LogP contribution < -0.4 is 15.0 Å². The molecular formula is C25H29F3IN4O4P. The second-order valence-electron chi connectivity index (χ2n) is 8.84. The minimum atomic E-state index is -4.40. The first kappa shape index (κ1) is 28.8. The van der Waals surface area contributed by atoms with Crippen LogP contribution in [0.25, 0.3) is 16.9 Å². The number of amides is 1. The number of hydrogen-bond acceptors (Lipinski definition) is 6. The average molecular weight is 664 g/mol. The van der Waals surface area contributed by atoms with Gasteiger partial charge in [-0.1, -0.05) is 0 Å². The summed E-state index contributed by atoms with van der Waals surface area (Å²) in [5.74, 6) is 0.153. The van der Waals surface area contributed by atoms with Gasteiger partial charge in [0.2, 0.25) is 6.41 Å². The molecule has 3 heterocycles. The van der Waals surface area contributed by atoms with Gasteiger partial charge in [-0.3, -0.25) is 9.20 Å². The van der Waals surface area contributed by atoms with Crippen LogP contribution in [0.4, 0.5) is 18.9 Å². The van der Waals surface area contributed by atoms with E-state index in [0.717, 1.165) is 36.5 Å². The normalized spacial score (nSPS) is 16.1. The number of alkyl halides is 3. The molecule has 13 heteroatoms. The standard InChI is InChI=1S/C25H29F3IN4O4P/c1-35-23-11-18(10-17(2-5-30-16-34)21(23)13-25(26,27)28)22-14-31-24-12-19(3-7-33(22)24)32-6-4-20(15-32)36-8-9-37-38-29/h3,7,10-12,14,16,20,38H,2,4-6,8-9,13,15H2,1H3,(H,30,34). The van der Waals surface area contributed by atoms with Crippen LogP contribution >= 0.6 is 28.5 Å². The molecule has 1 amide bonds. The summed E-state index contributed by atoms with van der Waals surface area (Å²) in [6.07, 6.45) is -0.0463. The number of benzene rings is 1. The summed E-state index contributed by atoms with van der Waals surface area (Å²) < 4.78 is 58.6. The summed E-state index contributed by atoms with van der Waals surface area (Å²) in [5, 5.41) is 2.52. The number of imidazole rings is 1. The zero-order chi connectivity index (χ0) is 27.1. The zero-order valence-corrected chi connectivity index (χ0v) is 23.9. The molecule has 1 aliphatic heterocycles. The Bertz CT molecular complexity index is 1240. The maximum atomic E-state index is 13.3. The summed E-state index contributed by atoms with van der Waals surface area (Å²) in [5.41, 5.74) is 3.69. The van der Waals surface area contributed by atoms with Crippen LogP contribution in [0.15, 0.2) is 36.7 Å². The number of carbonyl (C=O) groups is 1. The maximum absolute atomic E-state index is 13.3. The predicted octanol–water partition coefficient (Wildman–Crippen LogP) is 4.96. The maximum Gasteiger partial charge on any atom is 0.393 e. The summed E-state index contributed by atoms with van der Waals surface area (Å²) in [7, 11) is 1.36. The molecule has 2 unspecified atom stereocenters. The first-order chi connectivity index (χ1) is 18.3. The number of fused-ring (bicyclic) bond motifs is 1. The molecule has 0 saturated carbocycles. The number of carbonyl (C=O) groups excluding carboxylic acids is 1. The van der Waals surface area contributed by atoms with E-state index in [1.807, 2.05) is 22.7 Å². The predicted molar refractivity (Wildman–Crippen MR) is 150 cm³/mol. The van der Waals surface area contributed by atoms with Gasteiger partial charge in [0.1, 0.15) is 11.4 Å². The Kier molecular flexibility index (Phi) is 10.1. The second-order valence-corrected chi connectivity index (χ2v) is 10.6. The number of aromatic nitrogens is 2. The molecular weight excluding hydrogens is 635 g/mol. The minimum Gasteiger partial charge on any atom is -0.496 e. The SMILES string of the molecule is COc1cc(-c2cnc3cc(N4CCC(OCCOPI)C4)ccn23)cc(CCNC=O)c1CC(F)(F)F. The highest BCUT2D eigenvalue weighted by Gasteiger charge is 2.31. The molecule has 206 valence electrons. The first-order valence-electron chi connectivity index (χ1n) is 12.1. The average Bonchev–Trinajstić information content (AvgIpc) is 3.53. The van der Waals surface area contributed by atoms with Crippen LogP contribution in [0.1, 0.15) is 17.5 Å². The fraction of sp³-hybridized carbons (Fsp3) is 0.440. The number of methoxy groups -OCH3 is 1. The molecule has 2 atom stereocenters. The van der Waals surface area contributed by atoms with Crippen molar-refractivity contribution < 1.29 is 32.0 Å². The first-order valence-corrected chi connectivity index (χ1v) is 16.1. The van der Waals surface area contributed by atoms with Gasteiger partial charge < -0.3 is 24.2 Å². The van der Waals surface area contributed by atoms with Crippen molar-refractivity contribution in [3.63, 3.8) is 0 Å². The lowest BCUT2D eigenvalue weighted by Gasteiger charge is -2.19. The number of ether oxygens (including phenoxy) is 2. The van der Waals surface area contributed by atoms with Crippen molar-refractivity contribution in [2.75, 3.05) is 44.9 Å². The Balaban J connectivity index is 1.58. The van der Waals surface area contributed by atoms with Crippen LogP contribution in [-0.2, 0) is 26.9 Å². The minimum absolute atomic E-state index is 0.0691. The van der Waals surface area contributed by atoms with Gasteiger partial charge in [0, 0.05) is 48.7 Å². The van der Waals surface area contributed by atoms with E-state index in [-0.39, 0.29) is 30.4 Å². The second kappa shape index (κ2) is 13.3. The quantitative estimate of drug-likeness (QED) is 0.121. The Labute approximate surface area is 233 Å². The molecule has 0 bridgehead atoms. The van der Waals surface area contributed by atoms with Crippen LogP contribution in [0.2, 0.25) is 0 Å². The van der Waals surface area contributed by atoms with Crippen LogP contribution in [-0.4, -0.2) is 68.0 Å².